The molecule has 1 unspecified atom stereocenters. The summed E-state index contributed by atoms with van der Waals surface area (Å²) in [6.07, 6.45) is 0.354. The summed E-state index contributed by atoms with van der Waals surface area (Å²) < 4.78 is 0. The van der Waals surface area contributed by atoms with E-state index in [1.165, 1.54) is 4.90 Å². The maximum absolute atomic E-state index is 12.2. The van der Waals surface area contributed by atoms with Gasteiger partial charge in [-0.15, -0.1) is 0 Å². The van der Waals surface area contributed by atoms with E-state index in [2.05, 4.69) is 5.32 Å². The first-order valence-electron chi connectivity index (χ1n) is 6.53. The molecule has 1 atom stereocenters. The number of nitrogens with zero attached hydrogens (tertiary/aromatic N) is 2. The van der Waals surface area contributed by atoms with Crippen molar-refractivity contribution in [2.24, 2.45) is 0 Å². The van der Waals surface area contributed by atoms with Crippen LogP contribution < -0.4 is 10.2 Å². The Bertz CT molecular complexity index is 516. The van der Waals surface area contributed by atoms with Gasteiger partial charge in [-0.2, -0.15) is 0 Å². The number of carbonyl (C=O) groups excluding carboxylic acids is 1. The molecule has 2 rings (SSSR count). The summed E-state index contributed by atoms with van der Waals surface area (Å²) in [5.41, 5.74) is 1.57. The van der Waals surface area contributed by atoms with Crippen LogP contribution in [0.4, 0.5) is 10.5 Å². The molecule has 0 saturated heterocycles. The number of likely N-dealkylation sites (N-methyl/N-ethyl adjacent to an activating group) is 1. The van der Waals surface area contributed by atoms with Crippen LogP contribution in [0.5, 0.6) is 0 Å². The number of anilines is 1. The van der Waals surface area contributed by atoms with Gasteiger partial charge in [0.2, 0.25) is 0 Å². The Morgan fingerprint density at radius 1 is 1.40 bits per heavy atom. The first kappa shape index (κ1) is 14.3. The minimum absolute atomic E-state index is 0.354. The van der Waals surface area contributed by atoms with Gasteiger partial charge < -0.3 is 15.3 Å². The van der Waals surface area contributed by atoms with Gasteiger partial charge in [-0.1, -0.05) is 18.2 Å². The first-order chi connectivity index (χ1) is 9.50. The second-order valence-electron chi connectivity index (χ2n) is 5.09. The fourth-order valence-corrected chi connectivity index (χ4v) is 2.31. The van der Waals surface area contributed by atoms with Crippen LogP contribution in [0.25, 0.3) is 0 Å². The van der Waals surface area contributed by atoms with E-state index < -0.39 is 12.0 Å². The molecule has 0 bridgehead atoms. The molecule has 0 fully saturated rings. The minimum Gasteiger partial charge on any atom is -0.480 e. The van der Waals surface area contributed by atoms with Crippen LogP contribution in [0.2, 0.25) is 0 Å². The third kappa shape index (κ3) is 2.91. The standard InChI is InChI=1S/C14H19N3O3/c1-16(2)8-7-15-14(20)17-11-6-4-3-5-10(11)9-12(17)13(18)19/h3-6,12H,7-9H2,1-2H3,(H,15,20)(H,18,19). The van der Waals surface area contributed by atoms with Gasteiger partial charge in [-0.05, 0) is 25.7 Å². The van der Waals surface area contributed by atoms with Gasteiger partial charge in [0.25, 0.3) is 0 Å². The molecule has 1 aliphatic rings. The third-order valence-corrected chi connectivity index (χ3v) is 3.32. The van der Waals surface area contributed by atoms with Crippen LogP contribution in [-0.2, 0) is 11.2 Å². The molecule has 2 amide bonds. The topological polar surface area (TPSA) is 72.9 Å². The van der Waals surface area contributed by atoms with Gasteiger partial charge in [0, 0.05) is 25.2 Å². The van der Waals surface area contributed by atoms with E-state index >= 15 is 0 Å². The highest BCUT2D eigenvalue weighted by molar-refractivity contribution is 6.01. The Morgan fingerprint density at radius 2 is 2.10 bits per heavy atom. The van der Waals surface area contributed by atoms with Crippen molar-refractivity contribution >= 4 is 17.7 Å². The third-order valence-electron chi connectivity index (χ3n) is 3.32. The second kappa shape index (κ2) is 5.92. The van der Waals surface area contributed by atoms with Crippen LogP contribution in [0.1, 0.15) is 5.56 Å². The van der Waals surface area contributed by atoms with E-state index in [1.807, 2.05) is 37.2 Å². The molecule has 0 spiro atoms. The summed E-state index contributed by atoms with van der Waals surface area (Å²) in [5.74, 6) is -0.982. The van der Waals surface area contributed by atoms with Crippen LogP contribution in [0, 0.1) is 0 Å². The van der Waals surface area contributed by atoms with Crippen molar-refractivity contribution in [2.75, 3.05) is 32.1 Å². The highest BCUT2D eigenvalue weighted by Gasteiger charge is 2.38. The van der Waals surface area contributed by atoms with Gasteiger partial charge in [-0.3, -0.25) is 4.90 Å². The number of benzene rings is 1. The van der Waals surface area contributed by atoms with Crippen LogP contribution in [0.3, 0.4) is 0 Å². The molecule has 0 aromatic heterocycles. The maximum atomic E-state index is 12.2. The highest BCUT2D eigenvalue weighted by atomic mass is 16.4. The van der Waals surface area contributed by atoms with Crippen LogP contribution in [-0.4, -0.2) is 55.2 Å². The van der Waals surface area contributed by atoms with Gasteiger partial charge in [0.15, 0.2) is 0 Å². The first-order valence-corrected chi connectivity index (χ1v) is 6.53. The average molecular weight is 277 g/mol. The second-order valence-corrected chi connectivity index (χ2v) is 5.09. The fraction of sp³-hybridized carbons (Fsp3) is 0.429. The molecule has 1 aliphatic heterocycles. The maximum Gasteiger partial charge on any atom is 0.327 e. The Morgan fingerprint density at radius 3 is 2.75 bits per heavy atom. The normalized spacial score (nSPS) is 17.1. The Kier molecular flexibility index (Phi) is 4.24. The van der Waals surface area contributed by atoms with Gasteiger partial charge in [0.05, 0.1) is 0 Å². The number of para-hydroxylation sites is 1. The van der Waals surface area contributed by atoms with Crippen molar-refractivity contribution in [2.45, 2.75) is 12.5 Å². The fourth-order valence-electron chi connectivity index (χ4n) is 2.31. The summed E-state index contributed by atoms with van der Waals surface area (Å²) in [6, 6.07) is 6.12. The number of amides is 2. The molecule has 6 heteroatoms. The molecule has 20 heavy (non-hydrogen) atoms. The number of urea groups is 1. The number of nitrogens with one attached hydrogen (secondary N) is 1. The lowest BCUT2D eigenvalue weighted by Gasteiger charge is -2.23. The number of fused-ring (bicyclic) bond motifs is 1. The molecule has 1 heterocycles. The summed E-state index contributed by atoms with van der Waals surface area (Å²) in [4.78, 5) is 26.9. The molecule has 0 saturated carbocycles. The van der Waals surface area contributed by atoms with E-state index in [9.17, 15) is 14.7 Å². The number of rotatable bonds is 4. The highest BCUT2D eigenvalue weighted by Crippen LogP contribution is 2.31. The molecule has 108 valence electrons. The number of aliphatic carboxylic acids is 1. The number of carbonyl (C=O) groups is 2. The Hall–Kier alpha value is -2.08. The number of hydrogen-bond acceptors (Lipinski definition) is 3. The zero-order valence-corrected chi connectivity index (χ0v) is 11.7. The smallest absolute Gasteiger partial charge is 0.327 e. The Labute approximate surface area is 118 Å². The predicted molar refractivity (Wildman–Crippen MR) is 76.0 cm³/mol. The monoisotopic (exact) mass is 277 g/mol. The van der Waals surface area contributed by atoms with Crippen molar-refractivity contribution in [3.63, 3.8) is 0 Å². The van der Waals surface area contributed by atoms with Crippen molar-refractivity contribution in [3.05, 3.63) is 29.8 Å². The summed E-state index contributed by atoms with van der Waals surface area (Å²) in [7, 11) is 3.83. The van der Waals surface area contributed by atoms with Gasteiger partial charge in [-0.25, -0.2) is 9.59 Å². The zero-order valence-electron chi connectivity index (χ0n) is 11.7. The molecule has 2 N–H and O–H groups in total. The van der Waals surface area contributed by atoms with Gasteiger partial charge in [0.1, 0.15) is 6.04 Å². The van der Waals surface area contributed by atoms with E-state index in [1.54, 1.807) is 6.07 Å². The minimum atomic E-state index is -0.982. The van der Waals surface area contributed by atoms with Crippen molar-refractivity contribution in [1.82, 2.24) is 10.2 Å². The lowest BCUT2D eigenvalue weighted by atomic mass is 10.1. The van der Waals surface area contributed by atoms with E-state index in [0.29, 0.717) is 25.2 Å². The average Bonchev–Trinajstić information content (AvgIpc) is 2.77. The lowest BCUT2D eigenvalue weighted by Crippen LogP contribution is -2.49. The van der Waals surface area contributed by atoms with Crippen molar-refractivity contribution in [3.8, 4) is 0 Å². The molecule has 1 aromatic rings. The summed E-state index contributed by atoms with van der Waals surface area (Å²) in [6.45, 7) is 1.19. The number of carboxylic acids is 1. The largest absolute Gasteiger partial charge is 0.480 e. The van der Waals surface area contributed by atoms with Crippen LogP contribution in [0.15, 0.2) is 24.3 Å². The quantitative estimate of drug-likeness (QED) is 0.853. The Balaban J connectivity index is 2.14. The predicted octanol–water partition coefficient (Wildman–Crippen LogP) is 0.773. The molecule has 1 aromatic carbocycles. The summed E-state index contributed by atoms with van der Waals surface area (Å²) in [5, 5.41) is 12.1. The molecule has 0 radical (unpaired) electrons. The SMILES string of the molecule is CN(C)CCNC(=O)N1c2ccccc2CC1C(=O)O. The van der Waals surface area contributed by atoms with E-state index in [0.717, 1.165) is 5.56 Å². The number of carboxylic acid groups (broad SMARTS) is 1. The molecule has 0 aliphatic carbocycles. The van der Waals surface area contributed by atoms with E-state index in [4.69, 9.17) is 0 Å². The molecule has 6 nitrogen and oxygen atoms in total. The van der Waals surface area contributed by atoms with Gasteiger partial charge >= 0.3 is 12.0 Å². The zero-order chi connectivity index (χ0) is 14.7. The van der Waals surface area contributed by atoms with Crippen molar-refractivity contribution in [1.29, 1.82) is 0 Å². The van der Waals surface area contributed by atoms with Crippen LogP contribution >= 0.6 is 0 Å². The lowest BCUT2D eigenvalue weighted by molar-refractivity contribution is -0.138. The summed E-state index contributed by atoms with van der Waals surface area (Å²) >= 11 is 0. The molecular weight excluding hydrogens is 258 g/mol. The number of hydrogen-bond donors (Lipinski definition) is 2. The molecular formula is C14H19N3O3. The van der Waals surface area contributed by atoms with Crippen molar-refractivity contribution < 1.29 is 14.7 Å². The van der Waals surface area contributed by atoms with E-state index in [-0.39, 0.29) is 6.03 Å².